The average Bonchev–Trinajstić information content (AvgIpc) is 2.90. The number of halogens is 1. The van der Waals surface area contributed by atoms with Crippen molar-refractivity contribution in [3.8, 4) is 0 Å². The number of hydrogen-bond acceptors (Lipinski definition) is 3. The minimum Gasteiger partial charge on any atom is -0.391 e. The normalized spacial score (nSPS) is 17.1. The molecule has 0 saturated heterocycles. The molecule has 132 valence electrons. The molecule has 0 amide bonds. The first kappa shape index (κ1) is 21.9. The third-order valence-corrected chi connectivity index (χ3v) is 4.60. The van der Waals surface area contributed by atoms with Crippen LogP contribution in [0.15, 0.2) is 4.99 Å². The lowest BCUT2D eigenvalue weighted by Crippen LogP contribution is -2.44. The third-order valence-electron chi connectivity index (χ3n) is 4.60. The SMILES string of the molecule is Br.CCCCCCCCCCC1=NCCN1C(CC)C(C)O. The molecule has 0 aromatic heterocycles. The van der Waals surface area contributed by atoms with Gasteiger partial charge in [0, 0.05) is 13.0 Å². The van der Waals surface area contributed by atoms with Crippen LogP contribution in [0.5, 0.6) is 0 Å². The molecule has 0 saturated carbocycles. The van der Waals surface area contributed by atoms with Crippen LogP contribution in [0, 0.1) is 0 Å². The Morgan fingerprint density at radius 3 is 2.18 bits per heavy atom. The van der Waals surface area contributed by atoms with Gasteiger partial charge in [-0.25, -0.2) is 0 Å². The van der Waals surface area contributed by atoms with Crippen molar-refractivity contribution in [2.75, 3.05) is 13.1 Å². The molecular formula is C18H37BrN2O. The van der Waals surface area contributed by atoms with Gasteiger partial charge in [-0.15, -0.1) is 17.0 Å². The lowest BCUT2D eigenvalue weighted by atomic mass is 10.0. The van der Waals surface area contributed by atoms with Gasteiger partial charge in [-0.1, -0.05) is 58.8 Å². The maximum Gasteiger partial charge on any atom is 0.0993 e. The molecule has 0 radical (unpaired) electrons. The molecule has 0 bridgehead atoms. The molecule has 1 heterocycles. The summed E-state index contributed by atoms with van der Waals surface area (Å²) in [4.78, 5) is 7.01. The summed E-state index contributed by atoms with van der Waals surface area (Å²) in [5.74, 6) is 1.24. The lowest BCUT2D eigenvalue weighted by Gasteiger charge is -2.32. The van der Waals surface area contributed by atoms with Crippen LogP contribution in [0.1, 0.15) is 85.0 Å². The second-order valence-corrected chi connectivity index (χ2v) is 6.43. The summed E-state index contributed by atoms with van der Waals surface area (Å²) in [7, 11) is 0. The number of nitrogens with zero attached hydrogens (tertiary/aromatic N) is 2. The summed E-state index contributed by atoms with van der Waals surface area (Å²) in [6.07, 6.45) is 12.7. The van der Waals surface area contributed by atoms with E-state index in [1.165, 1.54) is 57.2 Å². The van der Waals surface area contributed by atoms with E-state index in [9.17, 15) is 5.11 Å². The maximum atomic E-state index is 9.91. The van der Waals surface area contributed by atoms with Gasteiger partial charge >= 0.3 is 0 Å². The zero-order chi connectivity index (χ0) is 15.5. The second-order valence-electron chi connectivity index (χ2n) is 6.43. The van der Waals surface area contributed by atoms with Crippen LogP contribution in [-0.2, 0) is 0 Å². The molecule has 0 aromatic rings. The van der Waals surface area contributed by atoms with Crippen molar-refractivity contribution in [3.63, 3.8) is 0 Å². The quantitative estimate of drug-likeness (QED) is 0.488. The van der Waals surface area contributed by atoms with Crippen molar-refractivity contribution in [1.82, 2.24) is 4.90 Å². The Morgan fingerprint density at radius 2 is 1.64 bits per heavy atom. The van der Waals surface area contributed by atoms with E-state index in [0.717, 1.165) is 25.9 Å². The fraction of sp³-hybridized carbons (Fsp3) is 0.944. The molecule has 4 heteroatoms. The molecule has 1 aliphatic rings. The number of hydrogen-bond donors (Lipinski definition) is 1. The van der Waals surface area contributed by atoms with Crippen molar-refractivity contribution in [2.45, 2.75) is 97.1 Å². The zero-order valence-corrected chi connectivity index (χ0v) is 16.6. The molecule has 2 unspecified atom stereocenters. The van der Waals surface area contributed by atoms with E-state index in [4.69, 9.17) is 0 Å². The van der Waals surface area contributed by atoms with Crippen LogP contribution in [0.25, 0.3) is 0 Å². The van der Waals surface area contributed by atoms with E-state index in [2.05, 4.69) is 23.7 Å². The number of rotatable bonds is 12. The van der Waals surface area contributed by atoms with Gasteiger partial charge in [0.15, 0.2) is 0 Å². The zero-order valence-electron chi connectivity index (χ0n) is 14.9. The van der Waals surface area contributed by atoms with E-state index < -0.39 is 0 Å². The smallest absolute Gasteiger partial charge is 0.0993 e. The van der Waals surface area contributed by atoms with E-state index >= 15 is 0 Å². The minimum absolute atomic E-state index is 0. The first-order valence-electron chi connectivity index (χ1n) is 9.18. The molecule has 2 atom stereocenters. The Bertz CT molecular complexity index is 295. The van der Waals surface area contributed by atoms with Crippen LogP contribution in [0.4, 0.5) is 0 Å². The summed E-state index contributed by atoms with van der Waals surface area (Å²) in [5.41, 5.74) is 0. The Hall–Kier alpha value is -0.0900. The number of unbranched alkanes of at least 4 members (excludes halogenated alkanes) is 7. The van der Waals surface area contributed by atoms with Gasteiger partial charge in [-0.05, 0) is 19.8 Å². The first-order valence-corrected chi connectivity index (χ1v) is 9.18. The number of aliphatic hydroxyl groups is 1. The number of amidine groups is 1. The summed E-state index contributed by atoms with van der Waals surface area (Å²) < 4.78 is 0. The van der Waals surface area contributed by atoms with Crippen molar-refractivity contribution in [3.05, 3.63) is 0 Å². The molecule has 3 nitrogen and oxygen atoms in total. The van der Waals surface area contributed by atoms with E-state index in [1.54, 1.807) is 0 Å². The van der Waals surface area contributed by atoms with Crippen LogP contribution in [-0.4, -0.2) is 41.1 Å². The maximum absolute atomic E-state index is 9.91. The highest BCUT2D eigenvalue weighted by molar-refractivity contribution is 8.93. The minimum atomic E-state index is -0.267. The van der Waals surface area contributed by atoms with E-state index in [-0.39, 0.29) is 29.1 Å². The summed E-state index contributed by atoms with van der Waals surface area (Å²) >= 11 is 0. The highest BCUT2D eigenvalue weighted by atomic mass is 79.9. The largest absolute Gasteiger partial charge is 0.391 e. The highest BCUT2D eigenvalue weighted by Gasteiger charge is 2.26. The average molecular weight is 377 g/mol. The van der Waals surface area contributed by atoms with Gasteiger partial charge in [-0.3, -0.25) is 4.99 Å². The van der Waals surface area contributed by atoms with Crippen molar-refractivity contribution < 1.29 is 5.11 Å². The van der Waals surface area contributed by atoms with E-state index in [0.29, 0.717) is 0 Å². The Kier molecular flexibility index (Phi) is 13.3. The lowest BCUT2D eigenvalue weighted by molar-refractivity contribution is 0.100. The molecule has 22 heavy (non-hydrogen) atoms. The summed E-state index contributed by atoms with van der Waals surface area (Å²) in [6.45, 7) is 8.24. The monoisotopic (exact) mass is 376 g/mol. The molecule has 1 aliphatic heterocycles. The second kappa shape index (κ2) is 13.4. The van der Waals surface area contributed by atoms with Crippen LogP contribution >= 0.6 is 17.0 Å². The Labute approximate surface area is 148 Å². The van der Waals surface area contributed by atoms with Crippen molar-refractivity contribution in [1.29, 1.82) is 0 Å². The molecule has 1 N–H and O–H groups in total. The molecule has 0 aromatic carbocycles. The van der Waals surface area contributed by atoms with Gasteiger partial charge in [0.25, 0.3) is 0 Å². The number of aliphatic imine (C=N–C) groups is 1. The molecule has 1 rings (SSSR count). The molecular weight excluding hydrogens is 340 g/mol. The van der Waals surface area contributed by atoms with Crippen molar-refractivity contribution >= 4 is 22.8 Å². The molecule has 0 fully saturated rings. The Balaban J connectivity index is 0.00000441. The standard InChI is InChI=1S/C18H36N2O.BrH/c1-4-6-7-8-9-10-11-12-13-18-19-14-15-20(18)17(5-2)16(3)21;/h16-17,21H,4-15H2,1-3H3;1H. The molecule has 0 spiro atoms. The summed E-state index contributed by atoms with van der Waals surface area (Å²) in [6, 6.07) is 0.250. The van der Waals surface area contributed by atoms with Gasteiger partial charge in [0.1, 0.15) is 0 Å². The third kappa shape index (κ3) is 7.96. The summed E-state index contributed by atoms with van der Waals surface area (Å²) in [5, 5.41) is 9.91. The Morgan fingerprint density at radius 1 is 1.05 bits per heavy atom. The van der Waals surface area contributed by atoms with Crippen LogP contribution in [0.3, 0.4) is 0 Å². The first-order chi connectivity index (χ1) is 10.2. The number of aliphatic hydroxyl groups excluding tert-OH is 1. The topological polar surface area (TPSA) is 35.8 Å². The highest BCUT2D eigenvalue weighted by Crippen LogP contribution is 2.18. The fourth-order valence-electron chi connectivity index (χ4n) is 3.33. The van der Waals surface area contributed by atoms with Gasteiger partial charge in [0.05, 0.1) is 24.5 Å². The van der Waals surface area contributed by atoms with Gasteiger partial charge in [-0.2, -0.15) is 0 Å². The molecule has 0 aliphatic carbocycles. The predicted molar refractivity (Wildman–Crippen MR) is 102 cm³/mol. The van der Waals surface area contributed by atoms with Gasteiger partial charge < -0.3 is 10.0 Å². The van der Waals surface area contributed by atoms with E-state index in [1.807, 2.05) is 6.92 Å². The fourth-order valence-corrected chi connectivity index (χ4v) is 3.33. The predicted octanol–water partition coefficient (Wildman–Crippen LogP) is 4.97. The van der Waals surface area contributed by atoms with Crippen LogP contribution < -0.4 is 0 Å². The van der Waals surface area contributed by atoms with Gasteiger partial charge in [0.2, 0.25) is 0 Å². The van der Waals surface area contributed by atoms with Crippen LogP contribution in [0.2, 0.25) is 0 Å². The van der Waals surface area contributed by atoms with Crippen molar-refractivity contribution in [2.24, 2.45) is 4.99 Å².